The molecular weight excluding hydrogens is 312 g/mol. The summed E-state index contributed by atoms with van der Waals surface area (Å²) < 4.78 is 5.54. The number of rotatable bonds is 7. The zero-order chi connectivity index (χ0) is 17.6. The van der Waals surface area contributed by atoms with Gasteiger partial charge in [0.15, 0.2) is 0 Å². The fourth-order valence-electron chi connectivity index (χ4n) is 3.36. The minimum absolute atomic E-state index is 0.0613. The highest BCUT2D eigenvalue weighted by Gasteiger charge is 2.19. The van der Waals surface area contributed by atoms with Crippen molar-refractivity contribution in [3.63, 3.8) is 0 Å². The van der Waals surface area contributed by atoms with Crippen LogP contribution in [0.15, 0.2) is 43.0 Å². The van der Waals surface area contributed by atoms with E-state index in [4.69, 9.17) is 4.74 Å². The van der Waals surface area contributed by atoms with Crippen molar-refractivity contribution in [2.45, 2.75) is 38.1 Å². The summed E-state index contributed by atoms with van der Waals surface area (Å²) in [6, 6.07) is 10.7. The second-order valence-corrected chi connectivity index (χ2v) is 6.53. The molecule has 2 aromatic carbocycles. The van der Waals surface area contributed by atoms with Gasteiger partial charge in [-0.25, -0.2) is 4.79 Å². The Balaban J connectivity index is 1.75. The van der Waals surface area contributed by atoms with Crippen molar-refractivity contribution in [3.05, 3.63) is 54.1 Å². The number of carbonyl (C=O) groups is 1. The Kier molecular flexibility index (Phi) is 5.59. The molecule has 2 aromatic rings. The molecule has 132 valence electrons. The quantitative estimate of drug-likeness (QED) is 0.751. The van der Waals surface area contributed by atoms with Crippen LogP contribution in [0.4, 0.5) is 4.79 Å². The molecule has 1 aliphatic rings. The average Bonchev–Trinajstić information content (AvgIpc) is 2.58. The van der Waals surface area contributed by atoms with Crippen LogP contribution in [0.25, 0.3) is 10.8 Å². The van der Waals surface area contributed by atoms with Crippen LogP contribution in [0, 0.1) is 0 Å². The fourth-order valence-corrected chi connectivity index (χ4v) is 3.36. The van der Waals surface area contributed by atoms with E-state index in [2.05, 4.69) is 41.5 Å². The lowest BCUT2D eigenvalue weighted by Crippen LogP contribution is -2.45. The summed E-state index contributed by atoms with van der Waals surface area (Å²) in [4.78, 5) is 11.9. The Morgan fingerprint density at radius 3 is 2.84 bits per heavy atom. The fraction of sp³-hybridized carbons (Fsp3) is 0.381. The third kappa shape index (κ3) is 3.95. The minimum atomic E-state index is -0.0613. The number of urea groups is 1. The highest BCUT2D eigenvalue weighted by Crippen LogP contribution is 2.31. The van der Waals surface area contributed by atoms with Crippen molar-refractivity contribution >= 4 is 16.8 Å². The summed E-state index contributed by atoms with van der Waals surface area (Å²) >= 11 is 0. The number of hydrogen-bond donors (Lipinski definition) is 2. The van der Waals surface area contributed by atoms with Crippen LogP contribution in [0.5, 0.6) is 5.75 Å². The molecule has 0 aromatic heterocycles. The number of hydrogen-bond acceptors (Lipinski definition) is 2. The third-order valence-corrected chi connectivity index (χ3v) is 4.89. The number of amides is 2. The molecular formula is C21H26N2O2. The van der Waals surface area contributed by atoms with Crippen LogP contribution in [0.2, 0.25) is 0 Å². The second kappa shape index (κ2) is 8.06. The zero-order valence-corrected chi connectivity index (χ0v) is 14.8. The molecule has 0 atom stereocenters. The number of allylic oxidation sites excluding steroid dienone is 1. The van der Waals surface area contributed by atoms with Gasteiger partial charge in [-0.05, 0) is 54.5 Å². The first-order valence-electron chi connectivity index (χ1n) is 8.95. The summed E-state index contributed by atoms with van der Waals surface area (Å²) in [5.74, 6) is 0.885. The zero-order valence-electron chi connectivity index (χ0n) is 14.8. The molecule has 3 rings (SSSR count). The van der Waals surface area contributed by atoms with Gasteiger partial charge < -0.3 is 15.4 Å². The van der Waals surface area contributed by atoms with Gasteiger partial charge in [0.2, 0.25) is 0 Å². The van der Waals surface area contributed by atoms with Crippen molar-refractivity contribution < 1.29 is 9.53 Å². The molecule has 0 radical (unpaired) electrons. The van der Waals surface area contributed by atoms with Crippen molar-refractivity contribution in [1.82, 2.24) is 10.6 Å². The lowest BCUT2D eigenvalue weighted by molar-refractivity contribution is 0.228. The Morgan fingerprint density at radius 2 is 2.16 bits per heavy atom. The number of methoxy groups -OCH3 is 1. The van der Waals surface area contributed by atoms with Crippen molar-refractivity contribution in [1.29, 1.82) is 0 Å². The van der Waals surface area contributed by atoms with Crippen LogP contribution in [0.1, 0.15) is 30.4 Å². The van der Waals surface area contributed by atoms with E-state index >= 15 is 0 Å². The van der Waals surface area contributed by atoms with Gasteiger partial charge in [-0.15, -0.1) is 6.58 Å². The minimum Gasteiger partial charge on any atom is -0.496 e. The topological polar surface area (TPSA) is 50.4 Å². The maximum absolute atomic E-state index is 11.9. The highest BCUT2D eigenvalue weighted by atomic mass is 16.5. The summed E-state index contributed by atoms with van der Waals surface area (Å²) in [5, 5.41) is 8.38. The molecule has 1 saturated carbocycles. The number of fused-ring (bicyclic) bond motifs is 1. The summed E-state index contributed by atoms with van der Waals surface area (Å²) in [6.07, 6.45) is 6.86. The van der Waals surface area contributed by atoms with E-state index < -0.39 is 0 Å². The van der Waals surface area contributed by atoms with E-state index in [1.807, 2.05) is 12.1 Å². The van der Waals surface area contributed by atoms with E-state index in [0.717, 1.165) is 37.0 Å². The predicted octanol–water partition coefficient (Wildman–Crippen LogP) is 3.97. The molecule has 4 nitrogen and oxygen atoms in total. The second-order valence-electron chi connectivity index (χ2n) is 6.53. The first-order chi connectivity index (χ1) is 12.2. The van der Waals surface area contributed by atoms with Crippen LogP contribution < -0.4 is 15.4 Å². The van der Waals surface area contributed by atoms with Gasteiger partial charge in [0.25, 0.3) is 0 Å². The number of carbonyl (C=O) groups excluding carboxylic acids is 1. The van der Waals surface area contributed by atoms with Crippen LogP contribution in [0.3, 0.4) is 0 Å². The van der Waals surface area contributed by atoms with Gasteiger partial charge in [0.1, 0.15) is 5.75 Å². The van der Waals surface area contributed by atoms with Crippen molar-refractivity contribution in [2.24, 2.45) is 0 Å². The Hall–Kier alpha value is -2.49. The standard InChI is InChI=1S/C21H26N2O2/c1-3-6-18-19(25-2)12-11-15-7-4-8-16(20(15)18)13-14-22-21(24)23-17-9-5-10-17/h3-4,7-8,11-12,17H,1,5-6,9-10,13-14H2,2H3,(H2,22,23,24). The molecule has 0 heterocycles. The number of ether oxygens (including phenoxy) is 1. The van der Waals surface area contributed by atoms with Crippen molar-refractivity contribution in [3.8, 4) is 5.75 Å². The van der Waals surface area contributed by atoms with Gasteiger partial charge in [-0.2, -0.15) is 0 Å². The molecule has 0 bridgehead atoms. The Labute approximate surface area is 149 Å². The molecule has 4 heteroatoms. The van der Waals surface area contributed by atoms with E-state index in [1.54, 1.807) is 7.11 Å². The maximum atomic E-state index is 11.9. The lowest BCUT2D eigenvalue weighted by Gasteiger charge is -2.26. The van der Waals surface area contributed by atoms with Gasteiger partial charge in [0.05, 0.1) is 7.11 Å². The van der Waals surface area contributed by atoms with Crippen LogP contribution in [-0.4, -0.2) is 25.7 Å². The Morgan fingerprint density at radius 1 is 1.32 bits per heavy atom. The smallest absolute Gasteiger partial charge is 0.315 e. The summed E-state index contributed by atoms with van der Waals surface area (Å²) in [5.41, 5.74) is 2.38. The van der Waals surface area contributed by atoms with E-state index in [-0.39, 0.29) is 6.03 Å². The maximum Gasteiger partial charge on any atom is 0.315 e. The number of nitrogens with one attached hydrogen (secondary N) is 2. The van der Waals surface area contributed by atoms with Gasteiger partial charge >= 0.3 is 6.03 Å². The van der Waals surface area contributed by atoms with Gasteiger partial charge in [0, 0.05) is 18.2 Å². The number of benzene rings is 2. The molecule has 1 aliphatic carbocycles. The molecule has 2 amide bonds. The molecule has 1 fully saturated rings. The SMILES string of the molecule is C=CCc1c(OC)ccc2cccc(CCNC(=O)NC3CCC3)c12. The van der Waals surface area contributed by atoms with E-state index in [0.29, 0.717) is 12.6 Å². The first kappa shape index (κ1) is 17.3. The molecule has 0 aliphatic heterocycles. The van der Waals surface area contributed by atoms with Gasteiger partial charge in [-0.3, -0.25) is 0 Å². The summed E-state index contributed by atoms with van der Waals surface area (Å²) in [7, 11) is 1.70. The van der Waals surface area contributed by atoms with Crippen LogP contribution in [-0.2, 0) is 12.8 Å². The molecule has 0 saturated heterocycles. The Bertz CT molecular complexity index is 766. The third-order valence-electron chi connectivity index (χ3n) is 4.89. The van der Waals surface area contributed by atoms with E-state index in [1.165, 1.54) is 22.8 Å². The summed E-state index contributed by atoms with van der Waals surface area (Å²) in [6.45, 7) is 4.49. The van der Waals surface area contributed by atoms with Crippen molar-refractivity contribution in [2.75, 3.05) is 13.7 Å². The molecule has 0 unspecified atom stereocenters. The monoisotopic (exact) mass is 338 g/mol. The lowest BCUT2D eigenvalue weighted by atomic mass is 9.93. The molecule has 25 heavy (non-hydrogen) atoms. The highest BCUT2D eigenvalue weighted by molar-refractivity contribution is 5.91. The molecule has 2 N–H and O–H groups in total. The molecule has 0 spiro atoms. The first-order valence-corrected chi connectivity index (χ1v) is 8.95. The predicted molar refractivity (Wildman–Crippen MR) is 102 cm³/mol. The normalized spacial score (nSPS) is 14.0. The van der Waals surface area contributed by atoms with Crippen LogP contribution >= 0.6 is 0 Å². The average molecular weight is 338 g/mol. The van der Waals surface area contributed by atoms with E-state index in [9.17, 15) is 4.79 Å². The largest absolute Gasteiger partial charge is 0.496 e. The van der Waals surface area contributed by atoms with Gasteiger partial charge in [-0.1, -0.05) is 30.3 Å².